The summed E-state index contributed by atoms with van der Waals surface area (Å²) >= 11 is 6.17. The van der Waals surface area contributed by atoms with Crippen molar-refractivity contribution >= 4 is 22.6 Å². The number of aromatic nitrogens is 3. The molecule has 0 unspecified atom stereocenters. The van der Waals surface area contributed by atoms with Gasteiger partial charge in [-0.25, -0.2) is 0 Å². The molecule has 22 heavy (non-hydrogen) atoms. The average molecular weight is 306 g/mol. The molecule has 1 aromatic carbocycles. The van der Waals surface area contributed by atoms with Crippen molar-refractivity contribution in [2.24, 2.45) is 0 Å². The quantitative estimate of drug-likeness (QED) is 0.569. The molecule has 3 nitrogen and oxygen atoms in total. The molecular formula is C18H12ClN3. The van der Waals surface area contributed by atoms with E-state index in [9.17, 15) is 0 Å². The number of nitrogens with one attached hydrogen (secondary N) is 1. The van der Waals surface area contributed by atoms with Crippen molar-refractivity contribution in [1.29, 1.82) is 0 Å². The summed E-state index contributed by atoms with van der Waals surface area (Å²) < 4.78 is 0. The molecule has 0 fully saturated rings. The zero-order valence-electron chi connectivity index (χ0n) is 11.6. The van der Waals surface area contributed by atoms with Crippen molar-refractivity contribution in [3.63, 3.8) is 0 Å². The number of benzene rings is 1. The predicted molar refractivity (Wildman–Crippen MR) is 89.8 cm³/mol. The van der Waals surface area contributed by atoms with E-state index in [1.165, 1.54) is 0 Å². The molecule has 0 aliphatic heterocycles. The Morgan fingerprint density at radius 1 is 0.864 bits per heavy atom. The number of rotatable bonds is 2. The number of H-pyrrole nitrogens is 1. The summed E-state index contributed by atoms with van der Waals surface area (Å²) in [6.45, 7) is 0. The van der Waals surface area contributed by atoms with Crippen LogP contribution in [-0.4, -0.2) is 15.0 Å². The molecule has 0 bridgehead atoms. The molecule has 0 saturated heterocycles. The highest BCUT2D eigenvalue weighted by Gasteiger charge is 2.15. The molecule has 0 aliphatic rings. The van der Waals surface area contributed by atoms with Crippen molar-refractivity contribution in [3.8, 4) is 22.4 Å². The van der Waals surface area contributed by atoms with Crippen LogP contribution in [0.15, 0.2) is 67.1 Å². The number of aromatic amines is 1. The molecular weight excluding hydrogens is 294 g/mol. The lowest BCUT2D eigenvalue weighted by Crippen LogP contribution is -1.84. The molecule has 4 rings (SSSR count). The maximum Gasteiger partial charge on any atom is 0.0963 e. The topological polar surface area (TPSA) is 41.6 Å². The van der Waals surface area contributed by atoms with E-state index in [1.807, 2.05) is 48.5 Å². The largest absolute Gasteiger partial charge is 0.353 e. The highest BCUT2D eigenvalue weighted by Crippen LogP contribution is 2.37. The highest BCUT2D eigenvalue weighted by atomic mass is 35.5. The van der Waals surface area contributed by atoms with Gasteiger partial charge in [0.05, 0.1) is 16.7 Å². The Hall–Kier alpha value is -2.65. The van der Waals surface area contributed by atoms with E-state index < -0.39 is 0 Å². The third-order valence-corrected chi connectivity index (χ3v) is 3.87. The van der Waals surface area contributed by atoms with Gasteiger partial charge in [-0.2, -0.15) is 0 Å². The van der Waals surface area contributed by atoms with Crippen LogP contribution in [0.2, 0.25) is 5.02 Å². The van der Waals surface area contributed by atoms with E-state index >= 15 is 0 Å². The number of fused-ring (bicyclic) bond motifs is 1. The number of nitrogens with zero attached hydrogens (tertiary/aromatic N) is 2. The van der Waals surface area contributed by atoms with Crippen molar-refractivity contribution in [1.82, 2.24) is 15.0 Å². The molecule has 4 aromatic rings. The van der Waals surface area contributed by atoms with Crippen LogP contribution in [0.5, 0.6) is 0 Å². The Morgan fingerprint density at radius 2 is 1.73 bits per heavy atom. The lowest BCUT2D eigenvalue weighted by atomic mass is 10.0. The number of hydrogen-bond acceptors (Lipinski definition) is 2. The molecule has 0 aliphatic carbocycles. The maximum atomic E-state index is 6.17. The predicted octanol–water partition coefficient (Wildman–Crippen LogP) is 4.95. The fourth-order valence-electron chi connectivity index (χ4n) is 2.68. The zero-order chi connectivity index (χ0) is 14.9. The zero-order valence-corrected chi connectivity index (χ0v) is 12.4. The van der Waals surface area contributed by atoms with E-state index in [-0.39, 0.29) is 0 Å². The van der Waals surface area contributed by atoms with Crippen molar-refractivity contribution in [3.05, 3.63) is 72.1 Å². The third-order valence-electron chi connectivity index (χ3n) is 3.64. The Balaban J connectivity index is 2.07. The lowest BCUT2D eigenvalue weighted by molar-refractivity contribution is 1.32. The van der Waals surface area contributed by atoms with Gasteiger partial charge >= 0.3 is 0 Å². The van der Waals surface area contributed by atoms with Crippen molar-refractivity contribution in [2.75, 3.05) is 0 Å². The van der Waals surface area contributed by atoms with Crippen LogP contribution in [0.4, 0.5) is 0 Å². The standard InChI is InChI=1S/C18H12ClN3/c19-14-4-1-3-13(11-14)16-17(12-6-9-20-10-7-12)22-15-5-2-8-21-18(15)16/h1-11,22H. The summed E-state index contributed by atoms with van der Waals surface area (Å²) in [5.74, 6) is 0. The van der Waals surface area contributed by atoms with E-state index in [0.717, 1.165) is 33.4 Å². The summed E-state index contributed by atoms with van der Waals surface area (Å²) in [6, 6.07) is 15.8. The first-order valence-electron chi connectivity index (χ1n) is 6.96. The Kier molecular flexibility index (Phi) is 3.13. The summed E-state index contributed by atoms with van der Waals surface area (Å²) in [5.41, 5.74) is 6.15. The Bertz CT molecular complexity index is 945. The molecule has 0 amide bonds. The van der Waals surface area contributed by atoms with Gasteiger partial charge in [0, 0.05) is 34.7 Å². The molecule has 0 atom stereocenters. The van der Waals surface area contributed by atoms with Gasteiger partial charge in [0.15, 0.2) is 0 Å². The normalized spacial score (nSPS) is 11.0. The minimum Gasteiger partial charge on any atom is -0.353 e. The molecule has 4 heteroatoms. The molecule has 0 radical (unpaired) electrons. The first-order valence-corrected chi connectivity index (χ1v) is 7.34. The third kappa shape index (κ3) is 2.16. The lowest BCUT2D eigenvalue weighted by Gasteiger charge is -2.05. The fraction of sp³-hybridized carbons (Fsp3) is 0. The van der Waals surface area contributed by atoms with Crippen molar-refractivity contribution < 1.29 is 0 Å². The maximum absolute atomic E-state index is 6.17. The SMILES string of the molecule is Clc1cccc(-c2c(-c3ccncc3)[nH]c3cccnc23)c1. The number of pyridine rings is 2. The van der Waals surface area contributed by atoms with Gasteiger partial charge in [0.25, 0.3) is 0 Å². The monoisotopic (exact) mass is 305 g/mol. The first-order chi connectivity index (χ1) is 10.8. The van der Waals surface area contributed by atoms with Gasteiger partial charge < -0.3 is 4.98 Å². The second-order valence-corrected chi connectivity index (χ2v) is 5.46. The van der Waals surface area contributed by atoms with E-state index in [0.29, 0.717) is 5.02 Å². The second-order valence-electron chi connectivity index (χ2n) is 5.02. The van der Waals surface area contributed by atoms with Crippen LogP contribution in [0, 0.1) is 0 Å². The number of hydrogen-bond donors (Lipinski definition) is 1. The van der Waals surface area contributed by atoms with Gasteiger partial charge in [-0.1, -0.05) is 23.7 Å². The van der Waals surface area contributed by atoms with Crippen LogP contribution < -0.4 is 0 Å². The Labute approximate surface area is 132 Å². The van der Waals surface area contributed by atoms with E-state index in [4.69, 9.17) is 11.6 Å². The number of halogens is 1. The summed E-state index contributed by atoms with van der Waals surface area (Å²) in [4.78, 5) is 12.1. The van der Waals surface area contributed by atoms with Gasteiger partial charge in [-0.15, -0.1) is 0 Å². The van der Waals surface area contributed by atoms with Crippen LogP contribution in [0.1, 0.15) is 0 Å². The van der Waals surface area contributed by atoms with Crippen LogP contribution >= 0.6 is 11.6 Å². The van der Waals surface area contributed by atoms with E-state index in [2.05, 4.69) is 15.0 Å². The molecule has 3 aromatic heterocycles. The van der Waals surface area contributed by atoms with Gasteiger partial charge in [-0.3, -0.25) is 9.97 Å². The minimum atomic E-state index is 0.712. The molecule has 0 saturated carbocycles. The van der Waals surface area contributed by atoms with Crippen LogP contribution in [0.25, 0.3) is 33.4 Å². The summed E-state index contributed by atoms with van der Waals surface area (Å²) in [7, 11) is 0. The first kappa shape index (κ1) is 13.0. The highest BCUT2D eigenvalue weighted by molar-refractivity contribution is 6.31. The van der Waals surface area contributed by atoms with Crippen LogP contribution in [-0.2, 0) is 0 Å². The average Bonchev–Trinajstić information content (AvgIpc) is 2.95. The second kappa shape index (κ2) is 5.28. The minimum absolute atomic E-state index is 0.712. The fourth-order valence-corrected chi connectivity index (χ4v) is 2.87. The summed E-state index contributed by atoms with van der Waals surface area (Å²) in [5, 5.41) is 0.712. The van der Waals surface area contributed by atoms with E-state index in [1.54, 1.807) is 18.6 Å². The smallest absolute Gasteiger partial charge is 0.0963 e. The Morgan fingerprint density at radius 3 is 2.55 bits per heavy atom. The van der Waals surface area contributed by atoms with Gasteiger partial charge in [-0.05, 0) is 42.0 Å². The van der Waals surface area contributed by atoms with Crippen molar-refractivity contribution in [2.45, 2.75) is 0 Å². The van der Waals surface area contributed by atoms with Crippen LogP contribution in [0.3, 0.4) is 0 Å². The molecule has 0 spiro atoms. The molecule has 1 N–H and O–H groups in total. The van der Waals surface area contributed by atoms with Gasteiger partial charge in [0.2, 0.25) is 0 Å². The molecule has 106 valence electrons. The molecule has 3 heterocycles. The van der Waals surface area contributed by atoms with Gasteiger partial charge in [0.1, 0.15) is 0 Å². The summed E-state index contributed by atoms with van der Waals surface area (Å²) in [6.07, 6.45) is 5.38.